The van der Waals surface area contributed by atoms with Crippen LogP contribution in [0.1, 0.15) is 29.6 Å². The third-order valence-electron chi connectivity index (χ3n) is 3.43. The van der Waals surface area contributed by atoms with Gasteiger partial charge in [0.2, 0.25) is 5.91 Å². The molecule has 19 heavy (non-hydrogen) atoms. The Kier molecular flexibility index (Phi) is 3.59. The van der Waals surface area contributed by atoms with E-state index in [1.807, 2.05) is 4.90 Å². The zero-order valence-electron chi connectivity index (χ0n) is 10.5. The number of benzene rings is 1. The Morgan fingerprint density at radius 1 is 1.32 bits per heavy atom. The average Bonchev–Trinajstić information content (AvgIpc) is 2.38. The molecule has 1 atom stereocenters. The third kappa shape index (κ3) is 2.62. The molecule has 0 bridgehead atoms. The summed E-state index contributed by atoms with van der Waals surface area (Å²) in [5.41, 5.74) is 12.1. The molecule has 1 fully saturated rings. The Morgan fingerprint density at radius 3 is 2.63 bits per heavy atom. The lowest BCUT2D eigenvalue weighted by Gasteiger charge is -2.35. The summed E-state index contributed by atoms with van der Waals surface area (Å²) in [5, 5.41) is 8.94. The van der Waals surface area contributed by atoms with Gasteiger partial charge in [0.1, 0.15) is 6.04 Å². The van der Waals surface area contributed by atoms with Crippen LogP contribution in [0.25, 0.3) is 0 Å². The first-order valence-corrected chi connectivity index (χ1v) is 6.19. The van der Waals surface area contributed by atoms with E-state index in [0.717, 1.165) is 31.5 Å². The molecule has 5 N–H and O–H groups in total. The molecule has 1 heterocycles. The summed E-state index contributed by atoms with van der Waals surface area (Å²) in [6, 6.07) is 4.37. The lowest BCUT2D eigenvalue weighted by molar-refractivity contribution is -0.119. The highest BCUT2D eigenvalue weighted by Crippen LogP contribution is 2.27. The largest absolute Gasteiger partial charge is 0.478 e. The van der Waals surface area contributed by atoms with Crippen LogP contribution in [0, 0.1) is 0 Å². The second-order valence-corrected chi connectivity index (χ2v) is 4.68. The summed E-state index contributed by atoms with van der Waals surface area (Å²) in [6.45, 7) is 0.722. The van der Waals surface area contributed by atoms with Gasteiger partial charge in [-0.1, -0.05) is 0 Å². The molecule has 2 rings (SSSR count). The van der Waals surface area contributed by atoms with Gasteiger partial charge in [0.15, 0.2) is 0 Å². The molecule has 1 aromatic carbocycles. The number of carbonyl (C=O) groups excluding carboxylic acids is 1. The fraction of sp³-hybridized carbons (Fsp3) is 0.385. The van der Waals surface area contributed by atoms with Gasteiger partial charge in [-0.2, -0.15) is 0 Å². The molecule has 1 unspecified atom stereocenters. The number of carbonyl (C=O) groups is 2. The van der Waals surface area contributed by atoms with Crippen molar-refractivity contribution in [3.05, 3.63) is 23.8 Å². The summed E-state index contributed by atoms with van der Waals surface area (Å²) in [6.07, 6.45) is 2.66. The number of hydrogen-bond donors (Lipinski definition) is 3. The number of piperidine rings is 1. The van der Waals surface area contributed by atoms with E-state index in [9.17, 15) is 9.59 Å². The standard InChI is InChI=1S/C13H17N3O3/c14-10-7-8(4-5-9(10)13(18)19)16-6-2-1-3-11(16)12(15)17/h4-5,7,11H,1-3,6,14H2,(H2,15,17)(H,18,19). The maximum absolute atomic E-state index is 11.5. The van der Waals surface area contributed by atoms with E-state index >= 15 is 0 Å². The number of primary amides is 1. The molecule has 0 aliphatic carbocycles. The molecule has 102 valence electrons. The second-order valence-electron chi connectivity index (χ2n) is 4.68. The number of anilines is 2. The van der Waals surface area contributed by atoms with Gasteiger partial charge in [-0.25, -0.2) is 4.79 Å². The van der Waals surface area contributed by atoms with Crippen molar-refractivity contribution in [2.24, 2.45) is 5.73 Å². The number of hydrogen-bond acceptors (Lipinski definition) is 4. The molecule has 1 aliphatic rings. The molecule has 0 radical (unpaired) electrons. The van der Waals surface area contributed by atoms with E-state index in [1.54, 1.807) is 12.1 Å². The summed E-state index contributed by atoms with van der Waals surface area (Å²) < 4.78 is 0. The number of nitrogens with zero attached hydrogens (tertiary/aromatic N) is 1. The van der Waals surface area contributed by atoms with Crippen molar-refractivity contribution in [2.75, 3.05) is 17.2 Å². The van der Waals surface area contributed by atoms with Crippen LogP contribution in [0.4, 0.5) is 11.4 Å². The summed E-state index contributed by atoms with van der Waals surface area (Å²) >= 11 is 0. The Labute approximate surface area is 111 Å². The summed E-state index contributed by atoms with van der Waals surface area (Å²) in [4.78, 5) is 24.3. The van der Waals surface area contributed by atoms with Gasteiger partial charge in [-0.05, 0) is 37.5 Å². The zero-order valence-corrected chi connectivity index (χ0v) is 10.5. The van der Waals surface area contributed by atoms with Crippen molar-refractivity contribution >= 4 is 23.3 Å². The van der Waals surface area contributed by atoms with Crippen molar-refractivity contribution in [1.29, 1.82) is 0 Å². The number of aromatic carboxylic acids is 1. The summed E-state index contributed by atoms with van der Waals surface area (Å²) in [7, 11) is 0. The molecule has 6 nitrogen and oxygen atoms in total. The number of carboxylic acids is 1. The average molecular weight is 263 g/mol. The van der Waals surface area contributed by atoms with Gasteiger partial charge in [0.05, 0.1) is 5.56 Å². The minimum Gasteiger partial charge on any atom is -0.478 e. The number of nitrogen functional groups attached to an aromatic ring is 1. The molecule has 0 saturated carbocycles. The second kappa shape index (κ2) is 5.17. The van der Waals surface area contributed by atoms with Gasteiger partial charge in [0, 0.05) is 17.9 Å². The molecule has 0 aromatic heterocycles. The third-order valence-corrected chi connectivity index (χ3v) is 3.43. The van der Waals surface area contributed by atoms with Crippen LogP contribution >= 0.6 is 0 Å². The molecule has 1 saturated heterocycles. The van der Waals surface area contributed by atoms with Gasteiger partial charge in [-0.3, -0.25) is 4.79 Å². The summed E-state index contributed by atoms with van der Waals surface area (Å²) in [5.74, 6) is -1.42. The smallest absolute Gasteiger partial charge is 0.337 e. The van der Waals surface area contributed by atoms with Crippen LogP contribution in [0.5, 0.6) is 0 Å². The minimum atomic E-state index is -1.06. The Hall–Kier alpha value is -2.24. The topological polar surface area (TPSA) is 110 Å². The van der Waals surface area contributed by atoms with Crippen molar-refractivity contribution in [3.63, 3.8) is 0 Å². The van der Waals surface area contributed by atoms with E-state index in [-0.39, 0.29) is 23.2 Å². The molecule has 6 heteroatoms. The van der Waals surface area contributed by atoms with Crippen LogP contribution in [0.3, 0.4) is 0 Å². The van der Waals surface area contributed by atoms with E-state index in [2.05, 4.69) is 0 Å². The van der Waals surface area contributed by atoms with Crippen LogP contribution in [0.15, 0.2) is 18.2 Å². The Morgan fingerprint density at radius 2 is 2.05 bits per heavy atom. The fourth-order valence-electron chi connectivity index (χ4n) is 2.46. The normalized spacial score (nSPS) is 19.2. The number of rotatable bonds is 3. The quantitative estimate of drug-likeness (QED) is 0.699. The van der Waals surface area contributed by atoms with E-state index in [4.69, 9.17) is 16.6 Å². The predicted molar refractivity (Wildman–Crippen MR) is 72.0 cm³/mol. The van der Waals surface area contributed by atoms with Gasteiger partial charge < -0.3 is 21.5 Å². The predicted octanol–water partition coefficient (Wildman–Crippen LogP) is 0.811. The zero-order chi connectivity index (χ0) is 14.0. The van der Waals surface area contributed by atoms with Crippen LogP contribution in [-0.4, -0.2) is 29.6 Å². The lowest BCUT2D eigenvalue weighted by atomic mass is 10.00. The van der Waals surface area contributed by atoms with Gasteiger partial charge >= 0.3 is 5.97 Å². The molecule has 1 aromatic rings. The van der Waals surface area contributed by atoms with E-state index < -0.39 is 5.97 Å². The first-order valence-electron chi connectivity index (χ1n) is 6.19. The Balaban J connectivity index is 2.32. The number of nitrogens with two attached hydrogens (primary N) is 2. The minimum absolute atomic E-state index is 0.0661. The molecular weight excluding hydrogens is 246 g/mol. The monoisotopic (exact) mass is 263 g/mol. The number of amides is 1. The molecule has 1 amide bonds. The molecule has 1 aliphatic heterocycles. The van der Waals surface area contributed by atoms with Gasteiger partial charge in [0.25, 0.3) is 0 Å². The Bertz CT molecular complexity index is 516. The molecular formula is C13H17N3O3. The highest BCUT2D eigenvalue weighted by molar-refractivity contribution is 5.94. The van der Waals surface area contributed by atoms with Crippen molar-refractivity contribution in [2.45, 2.75) is 25.3 Å². The maximum atomic E-state index is 11.5. The molecule has 0 spiro atoms. The first-order chi connectivity index (χ1) is 9.00. The maximum Gasteiger partial charge on any atom is 0.337 e. The highest BCUT2D eigenvalue weighted by Gasteiger charge is 2.27. The highest BCUT2D eigenvalue weighted by atomic mass is 16.4. The fourth-order valence-corrected chi connectivity index (χ4v) is 2.46. The van der Waals surface area contributed by atoms with Crippen LogP contribution in [-0.2, 0) is 4.79 Å². The van der Waals surface area contributed by atoms with Gasteiger partial charge in [-0.15, -0.1) is 0 Å². The van der Waals surface area contributed by atoms with Crippen LogP contribution < -0.4 is 16.4 Å². The van der Waals surface area contributed by atoms with Crippen LogP contribution in [0.2, 0.25) is 0 Å². The van der Waals surface area contributed by atoms with Crippen molar-refractivity contribution in [3.8, 4) is 0 Å². The van der Waals surface area contributed by atoms with Crippen molar-refractivity contribution in [1.82, 2.24) is 0 Å². The van der Waals surface area contributed by atoms with Crippen molar-refractivity contribution < 1.29 is 14.7 Å². The SMILES string of the molecule is NC(=O)C1CCCCN1c1ccc(C(=O)O)c(N)c1. The first kappa shape index (κ1) is 13.2. The lowest BCUT2D eigenvalue weighted by Crippen LogP contribution is -2.47. The van der Waals surface area contributed by atoms with E-state index in [0.29, 0.717) is 0 Å². The number of carboxylic acid groups (broad SMARTS) is 1. The van der Waals surface area contributed by atoms with E-state index in [1.165, 1.54) is 6.07 Å².